The molecule has 2 aliphatic heterocycles. The first kappa shape index (κ1) is 21.3. The molecular weight excluding hydrogens is 438 g/mol. The van der Waals surface area contributed by atoms with Crippen molar-refractivity contribution < 1.29 is 19.0 Å². The average molecular weight is 459 g/mol. The first-order valence-corrected chi connectivity index (χ1v) is 10.7. The Morgan fingerprint density at radius 3 is 3.12 bits per heavy atom. The van der Waals surface area contributed by atoms with E-state index in [-0.39, 0.29) is 37.4 Å². The van der Waals surface area contributed by atoms with Crippen LogP contribution in [0.1, 0.15) is 11.1 Å². The summed E-state index contributed by atoms with van der Waals surface area (Å²) in [7, 11) is 0. The van der Waals surface area contributed by atoms with Gasteiger partial charge in [0.05, 0.1) is 12.2 Å². The fraction of sp³-hybridized carbons (Fsp3) is 0.250. The maximum atomic E-state index is 12.6. The molecule has 1 aromatic carbocycles. The number of carbonyl (C=O) groups excluding carboxylic acids is 1. The Labute approximate surface area is 194 Å². The number of carbonyl (C=O) groups is 1. The van der Waals surface area contributed by atoms with Gasteiger partial charge in [-0.25, -0.2) is 14.6 Å². The molecule has 0 saturated carbocycles. The molecule has 0 saturated heterocycles. The standard InChI is InChI=1S/C24H21N5O5/c25-23(30)27-9-1-3-15-5-6-18-16(11-15)7-10-29-19(18)12-21(28-24(29)31)32-13-17-14-33-22-20(34-17)4-2-8-26-22/h2,4-6,8,11-12,17H,7,9-10,13-14H2,(H3,25,27,30). The summed E-state index contributed by atoms with van der Waals surface area (Å²) < 4.78 is 18.9. The van der Waals surface area contributed by atoms with E-state index in [9.17, 15) is 9.59 Å². The summed E-state index contributed by atoms with van der Waals surface area (Å²) in [5.74, 6) is 7.10. The molecule has 3 aromatic rings. The van der Waals surface area contributed by atoms with E-state index in [1.165, 1.54) is 0 Å². The lowest BCUT2D eigenvalue weighted by Gasteiger charge is -2.25. The van der Waals surface area contributed by atoms with E-state index >= 15 is 0 Å². The predicted molar refractivity (Wildman–Crippen MR) is 122 cm³/mol. The van der Waals surface area contributed by atoms with Crippen LogP contribution in [0.3, 0.4) is 0 Å². The van der Waals surface area contributed by atoms with Crippen molar-refractivity contribution >= 4 is 6.03 Å². The molecule has 0 aliphatic carbocycles. The van der Waals surface area contributed by atoms with Crippen molar-refractivity contribution in [2.24, 2.45) is 5.73 Å². The average Bonchev–Trinajstić information content (AvgIpc) is 2.85. The number of hydrogen-bond acceptors (Lipinski definition) is 7. The third kappa shape index (κ3) is 4.49. The Hall–Kier alpha value is -4.52. The van der Waals surface area contributed by atoms with Gasteiger partial charge in [0.15, 0.2) is 11.9 Å². The molecule has 10 nitrogen and oxygen atoms in total. The lowest BCUT2D eigenvalue weighted by molar-refractivity contribution is 0.0486. The molecule has 2 amide bonds. The van der Waals surface area contributed by atoms with Crippen LogP contribution < -0.4 is 31.0 Å². The van der Waals surface area contributed by atoms with Crippen LogP contribution in [0, 0.1) is 11.8 Å². The van der Waals surface area contributed by atoms with Crippen LogP contribution in [0.4, 0.5) is 4.79 Å². The fourth-order valence-electron chi connectivity index (χ4n) is 3.86. The smallest absolute Gasteiger partial charge is 0.351 e. The van der Waals surface area contributed by atoms with Crippen molar-refractivity contribution in [2.45, 2.75) is 19.1 Å². The van der Waals surface area contributed by atoms with Crippen molar-refractivity contribution in [1.82, 2.24) is 19.9 Å². The molecule has 172 valence electrons. The Morgan fingerprint density at radius 2 is 2.24 bits per heavy atom. The second-order valence-electron chi connectivity index (χ2n) is 7.72. The van der Waals surface area contributed by atoms with Crippen LogP contribution in [-0.2, 0) is 13.0 Å². The Bertz CT molecular complexity index is 1370. The monoisotopic (exact) mass is 459 g/mol. The summed E-state index contributed by atoms with van der Waals surface area (Å²) in [4.78, 5) is 31.6. The third-order valence-corrected chi connectivity index (χ3v) is 5.41. The van der Waals surface area contributed by atoms with Gasteiger partial charge in [0.25, 0.3) is 5.88 Å². The number of fused-ring (bicyclic) bond motifs is 4. The maximum absolute atomic E-state index is 12.6. The number of amides is 2. The van der Waals surface area contributed by atoms with Crippen LogP contribution in [0.2, 0.25) is 0 Å². The number of nitrogens with one attached hydrogen (secondary N) is 1. The second kappa shape index (κ2) is 9.15. The van der Waals surface area contributed by atoms with Crippen LogP contribution in [0.15, 0.2) is 47.4 Å². The minimum atomic E-state index is -0.613. The van der Waals surface area contributed by atoms with Gasteiger partial charge in [0, 0.05) is 29.9 Å². The van der Waals surface area contributed by atoms with Gasteiger partial charge in [-0.15, -0.1) is 0 Å². The number of hydrogen-bond donors (Lipinski definition) is 2. The van der Waals surface area contributed by atoms with Gasteiger partial charge in [-0.05, 0) is 36.2 Å². The highest BCUT2D eigenvalue weighted by molar-refractivity contribution is 5.72. The molecule has 0 fully saturated rings. The fourth-order valence-corrected chi connectivity index (χ4v) is 3.86. The van der Waals surface area contributed by atoms with Gasteiger partial charge in [-0.2, -0.15) is 4.98 Å². The summed E-state index contributed by atoms with van der Waals surface area (Å²) in [6.45, 7) is 1.15. The zero-order valence-electron chi connectivity index (χ0n) is 18.1. The minimum Gasteiger partial charge on any atom is -0.478 e. The summed E-state index contributed by atoms with van der Waals surface area (Å²) in [6, 6.07) is 10.5. The number of rotatable bonds is 4. The van der Waals surface area contributed by atoms with E-state index in [2.05, 4.69) is 27.1 Å². The molecule has 1 atom stereocenters. The topological polar surface area (TPSA) is 131 Å². The molecule has 0 bridgehead atoms. The van der Waals surface area contributed by atoms with Crippen molar-refractivity contribution in [3.63, 3.8) is 0 Å². The van der Waals surface area contributed by atoms with E-state index in [1.54, 1.807) is 29.0 Å². The molecule has 1 unspecified atom stereocenters. The Kier molecular flexibility index (Phi) is 5.74. The molecule has 3 N–H and O–H groups in total. The lowest BCUT2D eigenvalue weighted by Crippen LogP contribution is -2.35. The lowest BCUT2D eigenvalue weighted by atomic mass is 9.95. The number of nitrogens with two attached hydrogens (primary N) is 1. The van der Waals surface area contributed by atoms with Crippen LogP contribution in [0.25, 0.3) is 11.3 Å². The largest absolute Gasteiger partial charge is 0.478 e. The molecule has 0 spiro atoms. The maximum Gasteiger partial charge on any atom is 0.351 e. The van der Waals surface area contributed by atoms with Crippen molar-refractivity contribution in [3.05, 3.63) is 64.2 Å². The van der Waals surface area contributed by atoms with E-state index in [0.29, 0.717) is 24.6 Å². The van der Waals surface area contributed by atoms with Gasteiger partial charge in [-0.3, -0.25) is 4.57 Å². The van der Waals surface area contributed by atoms with Gasteiger partial charge < -0.3 is 25.3 Å². The number of nitrogens with zero attached hydrogens (tertiary/aromatic N) is 3. The number of ether oxygens (including phenoxy) is 3. The number of aromatic nitrogens is 3. The number of urea groups is 1. The minimum absolute atomic E-state index is 0.172. The number of aryl methyl sites for hydroxylation is 1. The summed E-state index contributed by atoms with van der Waals surface area (Å²) >= 11 is 0. The quantitative estimate of drug-likeness (QED) is 0.559. The summed E-state index contributed by atoms with van der Waals surface area (Å²) in [5, 5.41) is 2.43. The highest BCUT2D eigenvalue weighted by atomic mass is 16.6. The first-order chi connectivity index (χ1) is 16.6. The predicted octanol–water partition coefficient (Wildman–Crippen LogP) is 1.10. The van der Waals surface area contributed by atoms with Crippen LogP contribution in [0.5, 0.6) is 17.5 Å². The Morgan fingerprint density at radius 1 is 1.32 bits per heavy atom. The second-order valence-corrected chi connectivity index (χ2v) is 7.72. The highest BCUT2D eigenvalue weighted by Crippen LogP contribution is 2.31. The molecule has 0 radical (unpaired) electrons. The molecular formula is C24H21N5O5. The third-order valence-electron chi connectivity index (χ3n) is 5.41. The van der Waals surface area contributed by atoms with E-state index in [4.69, 9.17) is 19.9 Å². The molecule has 5 rings (SSSR count). The summed E-state index contributed by atoms with van der Waals surface area (Å²) in [5.41, 5.74) is 8.22. The van der Waals surface area contributed by atoms with Crippen molar-refractivity contribution in [2.75, 3.05) is 19.8 Å². The zero-order valence-corrected chi connectivity index (χ0v) is 18.1. The molecule has 4 heterocycles. The van der Waals surface area contributed by atoms with Gasteiger partial charge in [-0.1, -0.05) is 17.9 Å². The van der Waals surface area contributed by atoms with E-state index in [1.807, 2.05) is 18.2 Å². The van der Waals surface area contributed by atoms with Gasteiger partial charge >= 0.3 is 11.7 Å². The van der Waals surface area contributed by atoms with Gasteiger partial charge in [0.2, 0.25) is 5.88 Å². The van der Waals surface area contributed by atoms with Crippen LogP contribution in [-0.4, -0.2) is 46.4 Å². The zero-order chi connectivity index (χ0) is 23.5. The van der Waals surface area contributed by atoms with Crippen molar-refractivity contribution in [3.8, 4) is 40.6 Å². The molecule has 2 aromatic heterocycles. The SMILES string of the molecule is NC(=O)NCC#Cc1ccc2c(c1)CCn1c-2cc(OCC2COc3ncccc3O2)nc1=O. The number of benzene rings is 1. The van der Waals surface area contributed by atoms with Crippen molar-refractivity contribution in [1.29, 1.82) is 0 Å². The number of primary amides is 1. The highest BCUT2D eigenvalue weighted by Gasteiger charge is 2.24. The normalized spacial score (nSPS) is 15.2. The first-order valence-electron chi connectivity index (χ1n) is 10.7. The van der Waals surface area contributed by atoms with E-state index < -0.39 is 6.03 Å². The summed E-state index contributed by atoms with van der Waals surface area (Å²) in [6.07, 6.45) is 1.97. The molecule has 2 aliphatic rings. The molecule has 10 heteroatoms. The van der Waals surface area contributed by atoms with E-state index in [0.717, 1.165) is 22.4 Å². The van der Waals surface area contributed by atoms with Gasteiger partial charge in [0.1, 0.15) is 13.2 Å². The van der Waals surface area contributed by atoms with Crippen LogP contribution >= 0.6 is 0 Å². The molecule has 34 heavy (non-hydrogen) atoms. The Balaban J connectivity index is 1.32. The number of pyridine rings is 1.